The van der Waals surface area contributed by atoms with E-state index >= 15 is 0 Å². The molecule has 0 fully saturated rings. The van der Waals surface area contributed by atoms with E-state index in [1.807, 2.05) is 0 Å². The zero-order chi connectivity index (χ0) is 13.8. The highest BCUT2D eigenvalue weighted by Gasteiger charge is 2.25. The largest absolute Gasteiger partial charge is 0.485 e. The zero-order valence-electron chi connectivity index (χ0n) is 10.7. The van der Waals surface area contributed by atoms with Crippen molar-refractivity contribution in [1.82, 2.24) is 4.98 Å². The topological polar surface area (TPSA) is 65.3 Å². The lowest BCUT2D eigenvalue weighted by atomic mass is 9.83. The van der Waals surface area contributed by atoms with E-state index in [1.54, 1.807) is 12.1 Å². The molecule has 0 N–H and O–H groups in total. The average Bonchev–Trinajstić information content (AvgIpc) is 2.28. The number of hydrogen-bond acceptors (Lipinski definition) is 4. The van der Waals surface area contributed by atoms with E-state index in [-0.39, 0.29) is 22.9 Å². The summed E-state index contributed by atoms with van der Waals surface area (Å²) in [5.41, 5.74) is 0.0699. The van der Waals surface area contributed by atoms with E-state index in [0.717, 1.165) is 5.33 Å². The van der Waals surface area contributed by atoms with Crippen LogP contribution < -0.4 is 4.74 Å². The Morgan fingerprint density at radius 2 is 2.22 bits per heavy atom. The Bertz CT molecular complexity index is 418. The summed E-state index contributed by atoms with van der Waals surface area (Å²) in [6.07, 6.45) is 1.39. The fraction of sp³-hybridized carbons (Fsp3) is 0.583. The Morgan fingerprint density at radius 3 is 2.72 bits per heavy atom. The predicted octanol–water partition coefficient (Wildman–Crippen LogP) is 3.43. The number of nitrogens with zero attached hydrogens (tertiary/aromatic N) is 2. The third kappa shape index (κ3) is 3.94. The van der Waals surface area contributed by atoms with Crippen molar-refractivity contribution in [3.8, 4) is 5.75 Å². The van der Waals surface area contributed by atoms with Crippen LogP contribution in [0.1, 0.15) is 20.8 Å². The molecule has 0 aliphatic rings. The molecule has 0 aliphatic carbocycles. The second-order valence-electron chi connectivity index (χ2n) is 5.11. The predicted molar refractivity (Wildman–Crippen MR) is 73.1 cm³/mol. The smallest absolute Gasteiger partial charge is 0.406 e. The molecule has 100 valence electrons. The maximum Gasteiger partial charge on any atom is 0.406 e. The third-order valence-corrected chi connectivity index (χ3v) is 3.56. The molecule has 1 rings (SSSR count). The maximum absolute atomic E-state index is 10.8. The molecule has 0 spiro atoms. The highest BCUT2D eigenvalue weighted by Crippen LogP contribution is 2.30. The van der Waals surface area contributed by atoms with Crippen LogP contribution in [0.4, 0.5) is 5.82 Å². The van der Waals surface area contributed by atoms with Crippen molar-refractivity contribution in [1.29, 1.82) is 0 Å². The van der Waals surface area contributed by atoms with Crippen molar-refractivity contribution in [2.75, 3.05) is 11.9 Å². The molecule has 18 heavy (non-hydrogen) atoms. The minimum atomic E-state index is -0.532. The number of rotatable bonds is 5. The molecule has 1 atom stereocenters. The van der Waals surface area contributed by atoms with E-state index in [0.29, 0.717) is 6.61 Å². The van der Waals surface area contributed by atoms with Crippen molar-refractivity contribution in [2.24, 2.45) is 11.3 Å². The number of hydrogen-bond donors (Lipinski definition) is 0. The SMILES string of the molecule is CC(C)(C)C(CBr)COc1cccnc1[N+](=O)[O-]. The monoisotopic (exact) mass is 316 g/mol. The molecule has 0 saturated carbocycles. The summed E-state index contributed by atoms with van der Waals surface area (Å²) in [6, 6.07) is 3.20. The van der Waals surface area contributed by atoms with Crippen LogP contribution in [0.2, 0.25) is 0 Å². The standard InChI is InChI=1S/C12H17BrN2O3/c1-12(2,3)9(7-13)8-18-10-5-4-6-14-11(10)15(16)17/h4-6,9H,7-8H2,1-3H3. The molecule has 6 heteroatoms. The lowest BCUT2D eigenvalue weighted by Crippen LogP contribution is -2.28. The van der Waals surface area contributed by atoms with Gasteiger partial charge in [0.1, 0.15) is 6.20 Å². The van der Waals surface area contributed by atoms with Crippen molar-refractivity contribution in [2.45, 2.75) is 20.8 Å². The number of alkyl halides is 1. The summed E-state index contributed by atoms with van der Waals surface area (Å²) in [5.74, 6) is 0.245. The summed E-state index contributed by atoms with van der Waals surface area (Å²) in [7, 11) is 0. The van der Waals surface area contributed by atoms with Gasteiger partial charge in [-0.15, -0.1) is 0 Å². The Kier molecular flexibility index (Phi) is 5.07. The lowest BCUT2D eigenvalue weighted by Gasteiger charge is -2.28. The first kappa shape index (κ1) is 14.9. The van der Waals surface area contributed by atoms with Gasteiger partial charge in [-0.2, -0.15) is 0 Å². The summed E-state index contributed by atoms with van der Waals surface area (Å²) < 4.78 is 5.54. The highest BCUT2D eigenvalue weighted by atomic mass is 79.9. The molecular weight excluding hydrogens is 300 g/mol. The quantitative estimate of drug-likeness (QED) is 0.474. The van der Waals surface area contributed by atoms with Crippen LogP contribution in [0.3, 0.4) is 0 Å². The molecule has 1 aromatic rings. The summed E-state index contributed by atoms with van der Waals surface area (Å²) in [4.78, 5) is 14.0. The van der Waals surface area contributed by atoms with Crippen LogP contribution in [-0.2, 0) is 0 Å². The number of nitro groups is 1. The molecule has 0 bridgehead atoms. The van der Waals surface area contributed by atoms with E-state index in [9.17, 15) is 10.1 Å². The fourth-order valence-electron chi connectivity index (χ4n) is 1.35. The van der Waals surface area contributed by atoms with Crippen molar-refractivity contribution in [3.05, 3.63) is 28.4 Å². The minimum absolute atomic E-state index is 0.0699. The first-order valence-electron chi connectivity index (χ1n) is 5.64. The van der Waals surface area contributed by atoms with Gasteiger partial charge in [0.15, 0.2) is 0 Å². The molecule has 1 aromatic heterocycles. The second-order valence-corrected chi connectivity index (χ2v) is 5.76. The first-order chi connectivity index (χ1) is 8.36. The Labute approximate surface area is 115 Å². The third-order valence-electron chi connectivity index (χ3n) is 2.77. The molecule has 5 nitrogen and oxygen atoms in total. The molecule has 0 radical (unpaired) electrons. The van der Waals surface area contributed by atoms with Crippen molar-refractivity contribution in [3.63, 3.8) is 0 Å². The Hall–Kier alpha value is -1.17. The lowest BCUT2D eigenvalue weighted by molar-refractivity contribution is -0.390. The molecular formula is C12H17BrN2O3. The van der Waals surface area contributed by atoms with Gasteiger partial charge in [-0.3, -0.25) is 0 Å². The van der Waals surface area contributed by atoms with E-state index in [4.69, 9.17) is 4.74 Å². The van der Waals surface area contributed by atoms with E-state index in [2.05, 4.69) is 41.7 Å². The second kappa shape index (κ2) is 6.13. The van der Waals surface area contributed by atoms with Gasteiger partial charge >= 0.3 is 5.82 Å². The Balaban J connectivity index is 2.77. The summed E-state index contributed by atoms with van der Waals surface area (Å²) in [6.45, 7) is 6.75. The Morgan fingerprint density at radius 1 is 1.56 bits per heavy atom. The van der Waals surface area contributed by atoms with E-state index < -0.39 is 4.92 Å². The zero-order valence-corrected chi connectivity index (χ0v) is 12.3. The number of halogens is 1. The molecule has 1 unspecified atom stereocenters. The number of pyridine rings is 1. The molecule has 0 aromatic carbocycles. The van der Waals surface area contributed by atoms with Crippen LogP contribution >= 0.6 is 15.9 Å². The normalized spacial score (nSPS) is 13.1. The average molecular weight is 317 g/mol. The summed E-state index contributed by atoms with van der Waals surface area (Å²) in [5, 5.41) is 11.6. The minimum Gasteiger partial charge on any atom is -0.485 e. The molecule has 0 saturated heterocycles. The molecule has 1 heterocycles. The highest BCUT2D eigenvalue weighted by molar-refractivity contribution is 9.09. The van der Waals surface area contributed by atoms with Crippen LogP contribution in [0.15, 0.2) is 18.3 Å². The fourth-order valence-corrected chi connectivity index (χ4v) is 2.51. The van der Waals surface area contributed by atoms with Gasteiger partial charge in [0.2, 0.25) is 5.75 Å². The molecule has 0 aliphatic heterocycles. The van der Waals surface area contributed by atoms with Crippen LogP contribution in [0.25, 0.3) is 0 Å². The van der Waals surface area contributed by atoms with Gasteiger partial charge in [-0.25, -0.2) is 0 Å². The van der Waals surface area contributed by atoms with E-state index in [1.165, 1.54) is 6.20 Å². The number of aromatic nitrogens is 1. The van der Waals surface area contributed by atoms with Gasteiger partial charge in [-0.1, -0.05) is 36.7 Å². The first-order valence-corrected chi connectivity index (χ1v) is 6.76. The van der Waals surface area contributed by atoms with Crippen molar-refractivity contribution >= 4 is 21.7 Å². The number of ether oxygens (including phenoxy) is 1. The van der Waals surface area contributed by atoms with Crippen molar-refractivity contribution < 1.29 is 9.66 Å². The maximum atomic E-state index is 10.8. The van der Waals surface area contributed by atoms with Gasteiger partial charge in [-0.05, 0) is 27.5 Å². The van der Waals surface area contributed by atoms with Gasteiger partial charge in [0.05, 0.1) is 6.61 Å². The van der Waals surface area contributed by atoms with Crippen LogP contribution in [-0.4, -0.2) is 21.8 Å². The van der Waals surface area contributed by atoms with Crippen LogP contribution in [0.5, 0.6) is 5.75 Å². The summed E-state index contributed by atoms with van der Waals surface area (Å²) >= 11 is 3.44. The van der Waals surface area contributed by atoms with Crippen LogP contribution in [0, 0.1) is 21.4 Å². The van der Waals surface area contributed by atoms with Gasteiger partial charge in [0.25, 0.3) is 0 Å². The van der Waals surface area contributed by atoms with Gasteiger partial charge in [0, 0.05) is 11.2 Å². The van der Waals surface area contributed by atoms with Gasteiger partial charge < -0.3 is 14.9 Å². The molecule has 0 amide bonds.